The number of urea groups is 1. The summed E-state index contributed by atoms with van der Waals surface area (Å²) in [6.45, 7) is -0.496. The number of anilines is 1. The van der Waals surface area contributed by atoms with Crippen molar-refractivity contribution in [3.8, 4) is 0 Å². The van der Waals surface area contributed by atoms with Gasteiger partial charge in [-0.05, 0) is 36.1 Å². The summed E-state index contributed by atoms with van der Waals surface area (Å²) in [4.78, 5) is 49.1. The maximum atomic E-state index is 13.0. The van der Waals surface area contributed by atoms with Crippen LogP contribution in [0.15, 0.2) is 42.5 Å². The lowest BCUT2D eigenvalue weighted by molar-refractivity contribution is -0.384. The Kier molecular flexibility index (Phi) is 4.90. The minimum atomic E-state index is -1.05. The molecule has 1 atom stereocenters. The van der Waals surface area contributed by atoms with E-state index in [4.69, 9.17) is 11.6 Å². The molecule has 2 aromatic carbocycles. The molecule has 9 nitrogen and oxygen atoms in total. The number of nitrogens with one attached hydrogen (secondary N) is 2. The second-order valence-corrected chi connectivity index (χ2v) is 7.73. The van der Waals surface area contributed by atoms with E-state index in [1.165, 1.54) is 12.1 Å². The van der Waals surface area contributed by atoms with Crippen molar-refractivity contribution in [3.63, 3.8) is 0 Å². The molecule has 1 fully saturated rings. The highest BCUT2D eigenvalue weighted by atomic mass is 35.5. The predicted molar refractivity (Wildman–Crippen MR) is 108 cm³/mol. The number of hydrogen-bond donors (Lipinski definition) is 2. The first-order valence-electron chi connectivity index (χ1n) is 9.24. The smallest absolute Gasteiger partial charge is 0.324 e. The van der Waals surface area contributed by atoms with Crippen molar-refractivity contribution in [3.05, 3.63) is 68.7 Å². The Bertz CT molecular complexity index is 1090. The molecule has 4 amide bonds. The zero-order chi connectivity index (χ0) is 21.5. The summed E-state index contributed by atoms with van der Waals surface area (Å²) in [7, 11) is 0. The van der Waals surface area contributed by atoms with Crippen LogP contribution in [0.5, 0.6) is 0 Å². The van der Waals surface area contributed by atoms with Gasteiger partial charge in [0, 0.05) is 18.2 Å². The second kappa shape index (κ2) is 7.42. The van der Waals surface area contributed by atoms with Crippen molar-refractivity contribution < 1.29 is 19.3 Å². The standard InChI is InChI=1S/C20H17ClN4O5/c21-15-6-5-14(9-16(15)25(29)30)22-17(26)11-24-18(27)20(23-19(24)28)8-7-12-3-1-2-4-13(12)10-20/h1-6,9H,7-8,10-11H2,(H,22,26)(H,23,28). The quantitative estimate of drug-likeness (QED) is 0.440. The van der Waals surface area contributed by atoms with Crippen LogP contribution in [0.3, 0.4) is 0 Å². The Morgan fingerprint density at radius 2 is 1.97 bits per heavy atom. The van der Waals surface area contributed by atoms with Gasteiger partial charge in [-0.1, -0.05) is 35.9 Å². The third-order valence-electron chi connectivity index (χ3n) is 5.41. The largest absolute Gasteiger partial charge is 0.325 e. The second-order valence-electron chi connectivity index (χ2n) is 7.32. The lowest BCUT2D eigenvalue weighted by Crippen LogP contribution is -2.51. The van der Waals surface area contributed by atoms with E-state index in [9.17, 15) is 24.5 Å². The van der Waals surface area contributed by atoms with Gasteiger partial charge in [0.25, 0.3) is 11.6 Å². The van der Waals surface area contributed by atoms with Crippen LogP contribution in [-0.2, 0) is 22.4 Å². The first-order valence-corrected chi connectivity index (χ1v) is 9.61. The first-order chi connectivity index (χ1) is 14.3. The number of fused-ring (bicyclic) bond motifs is 1. The van der Waals surface area contributed by atoms with Crippen LogP contribution in [0.2, 0.25) is 5.02 Å². The number of nitro benzene ring substituents is 1. The molecule has 0 aromatic heterocycles. The Morgan fingerprint density at radius 3 is 2.70 bits per heavy atom. The zero-order valence-electron chi connectivity index (χ0n) is 15.7. The zero-order valence-corrected chi connectivity index (χ0v) is 16.4. The fourth-order valence-corrected chi connectivity index (χ4v) is 4.11. The predicted octanol–water partition coefficient (Wildman–Crippen LogP) is 2.67. The molecule has 2 aromatic rings. The maximum absolute atomic E-state index is 13.0. The minimum absolute atomic E-state index is 0.0633. The molecule has 1 aliphatic carbocycles. The van der Waals surface area contributed by atoms with Gasteiger partial charge in [0.2, 0.25) is 5.91 Å². The van der Waals surface area contributed by atoms with Gasteiger partial charge in [0.1, 0.15) is 17.1 Å². The van der Waals surface area contributed by atoms with E-state index in [1.54, 1.807) is 0 Å². The average molecular weight is 429 g/mol. The van der Waals surface area contributed by atoms with Crippen LogP contribution in [0.1, 0.15) is 17.5 Å². The van der Waals surface area contributed by atoms with E-state index in [-0.39, 0.29) is 16.4 Å². The molecular formula is C20H17ClN4O5. The van der Waals surface area contributed by atoms with Gasteiger partial charge in [-0.3, -0.25) is 24.6 Å². The first kappa shape index (κ1) is 19.8. The average Bonchev–Trinajstić information content (AvgIpc) is 2.93. The van der Waals surface area contributed by atoms with Gasteiger partial charge in [-0.25, -0.2) is 4.79 Å². The van der Waals surface area contributed by atoms with Gasteiger partial charge in [0.05, 0.1) is 4.92 Å². The number of aryl methyl sites for hydroxylation is 1. The van der Waals surface area contributed by atoms with Crippen molar-refractivity contribution >= 4 is 40.8 Å². The Labute approximate surface area is 176 Å². The molecule has 0 radical (unpaired) electrons. The highest BCUT2D eigenvalue weighted by molar-refractivity contribution is 6.32. The number of carbonyl (C=O) groups excluding carboxylic acids is 3. The third-order valence-corrected chi connectivity index (χ3v) is 5.73. The normalized spacial score (nSPS) is 20.1. The van der Waals surface area contributed by atoms with Gasteiger partial charge < -0.3 is 10.6 Å². The molecule has 2 aliphatic rings. The summed E-state index contributed by atoms with van der Waals surface area (Å²) in [5.74, 6) is -1.09. The van der Waals surface area contributed by atoms with Gasteiger partial charge in [-0.2, -0.15) is 0 Å². The number of benzene rings is 2. The molecule has 1 aliphatic heterocycles. The van der Waals surface area contributed by atoms with Crippen LogP contribution in [0.25, 0.3) is 0 Å². The van der Waals surface area contributed by atoms with Crippen molar-refractivity contribution in [1.82, 2.24) is 10.2 Å². The van der Waals surface area contributed by atoms with E-state index in [0.29, 0.717) is 19.3 Å². The fraction of sp³-hybridized carbons (Fsp3) is 0.250. The number of hydrogen-bond acceptors (Lipinski definition) is 5. The molecule has 0 bridgehead atoms. The summed E-state index contributed by atoms with van der Waals surface area (Å²) in [5, 5.41) is 16.1. The van der Waals surface area contributed by atoms with Crippen molar-refractivity contribution in [2.45, 2.75) is 24.8 Å². The molecule has 1 unspecified atom stereocenters. The molecule has 1 saturated heterocycles. The van der Waals surface area contributed by atoms with Crippen LogP contribution >= 0.6 is 11.6 Å². The summed E-state index contributed by atoms with van der Waals surface area (Å²) in [5.41, 5.74) is 0.877. The van der Waals surface area contributed by atoms with Gasteiger partial charge in [0.15, 0.2) is 0 Å². The number of amides is 4. The third kappa shape index (κ3) is 3.48. The lowest BCUT2D eigenvalue weighted by atomic mass is 9.78. The van der Waals surface area contributed by atoms with Crippen molar-refractivity contribution in [1.29, 1.82) is 0 Å². The number of carbonyl (C=O) groups is 3. The van der Waals surface area contributed by atoms with E-state index >= 15 is 0 Å². The molecule has 2 N–H and O–H groups in total. The monoisotopic (exact) mass is 428 g/mol. The SMILES string of the molecule is O=C(CN1C(=O)NC2(CCc3ccccc3C2)C1=O)Nc1ccc(Cl)c([N+](=O)[O-])c1. The van der Waals surface area contributed by atoms with Gasteiger partial charge >= 0.3 is 6.03 Å². The Balaban J connectivity index is 1.47. The molecule has 4 rings (SSSR count). The summed E-state index contributed by atoms with van der Waals surface area (Å²) in [6, 6.07) is 10.9. The molecule has 10 heteroatoms. The summed E-state index contributed by atoms with van der Waals surface area (Å²) >= 11 is 5.76. The Hall–Kier alpha value is -3.46. The maximum Gasteiger partial charge on any atom is 0.325 e. The van der Waals surface area contributed by atoms with Crippen LogP contribution in [0, 0.1) is 10.1 Å². The van der Waals surface area contributed by atoms with E-state index in [2.05, 4.69) is 10.6 Å². The van der Waals surface area contributed by atoms with E-state index < -0.39 is 34.9 Å². The summed E-state index contributed by atoms with van der Waals surface area (Å²) < 4.78 is 0. The summed E-state index contributed by atoms with van der Waals surface area (Å²) in [6.07, 6.45) is 1.47. The number of nitro groups is 1. The molecule has 154 valence electrons. The number of nitrogens with zero attached hydrogens (tertiary/aromatic N) is 2. The molecule has 0 saturated carbocycles. The lowest BCUT2D eigenvalue weighted by Gasteiger charge is -2.32. The number of rotatable bonds is 4. The highest BCUT2D eigenvalue weighted by Gasteiger charge is 2.52. The molecule has 1 spiro atoms. The van der Waals surface area contributed by atoms with E-state index in [0.717, 1.165) is 22.1 Å². The fourth-order valence-electron chi connectivity index (χ4n) is 3.92. The van der Waals surface area contributed by atoms with Crippen LogP contribution in [0.4, 0.5) is 16.2 Å². The topological polar surface area (TPSA) is 122 Å². The van der Waals surface area contributed by atoms with Crippen LogP contribution < -0.4 is 10.6 Å². The van der Waals surface area contributed by atoms with Crippen molar-refractivity contribution in [2.24, 2.45) is 0 Å². The molecular weight excluding hydrogens is 412 g/mol. The molecule has 30 heavy (non-hydrogen) atoms. The minimum Gasteiger partial charge on any atom is -0.324 e. The molecule has 1 heterocycles. The van der Waals surface area contributed by atoms with Crippen LogP contribution in [-0.4, -0.2) is 39.8 Å². The van der Waals surface area contributed by atoms with E-state index in [1.807, 2.05) is 24.3 Å². The van der Waals surface area contributed by atoms with Gasteiger partial charge in [-0.15, -0.1) is 0 Å². The Morgan fingerprint density at radius 1 is 1.23 bits per heavy atom. The highest BCUT2D eigenvalue weighted by Crippen LogP contribution is 2.33. The number of halogens is 1. The van der Waals surface area contributed by atoms with Crippen molar-refractivity contribution in [2.75, 3.05) is 11.9 Å². The number of imide groups is 1.